The molecule has 4 nitrogen and oxygen atoms in total. The van der Waals surface area contributed by atoms with Crippen molar-refractivity contribution in [2.45, 2.75) is 12.8 Å². The molecule has 2 fully saturated rings. The van der Waals surface area contributed by atoms with E-state index in [1.54, 1.807) is 23.1 Å². The molecule has 1 aromatic rings. The van der Waals surface area contributed by atoms with E-state index in [0.29, 0.717) is 41.8 Å². The number of hydrogen-bond acceptors (Lipinski definition) is 2. The number of halogens is 2. The van der Waals surface area contributed by atoms with Gasteiger partial charge in [0.2, 0.25) is 5.91 Å². The molecule has 1 saturated carbocycles. The molecular formula is C15H16Cl2N2O2. The van der Waals surface area contributed by atoms with E-state index in [-0.39, 0.29) is 17.7 Å². The first-order valence-corrected chi connectivity index (χ1v) is 7.85. The van der Waals surface area contributed by atoms with Crippen molar-refractivity contribution in [1.29, 1.82) is 0 Å². The molecule has 1 aliphatic carbocycles. The van der Waals surface area contributed by atoms with Crippen LogP contribution in [0.3, 0.4) is 0 Å². The van der Waals surface area contributed by atoms with E-state index in [1.165, 1.54) is 0 Å². The molecule has 0 atom stereocenters. The molecule has 1 saturated heterocycles. The molecule has 0 bridgehead atoms. The largest absolute Gasteiger partial charge is 0.339 e. The van der Waals surface area contributed by atoms with E-state index in [2.05, 4.69) is 0 Å². The minimum atomic E-state index is -0.102. The molecule has 0 radical (unpaired) electrons. The van der Waals surface area contributed by atoms with Crippen LogP contribution >= 0.6 is 23.2 Å². The Morgan fingerprint density at radius 3 is 2.19 bits per heavy atom. The zero-order chi connectivity index (χ0) is 15.0. The Hall–Kier alpha value is -1.26. The number of carbonyl (C=O) groups is 2. The van der Waals surface area contributed by atoms with Crippen LogP contribution in [0.15, 0.2) is 18.2 Å². The minimum Gasteiger partial charge on any atom is -0.339 e. The predicted molar refractivity (Wildman–Crippen MR) is 81.7 cm³/mol. The Kier molecular flexibility index (Phi) is 4.09. The quantitative estimate of drug-likeness (QED) is 0.838. The fourth-order valence-corrected chi connectivity index (χ4v) is 3.04. The molecule has 1 heterocycles. The van der Waals surface area contributed by atoms with E-state index in [1.807, 2.05) is 4.90 Å². The van der Waals surface area contributed by atoms with Crippen molar-refractivity contribution in [3.63, 3.8) is 0 Å². The Bertz CT molecular complexity index is 579. The van der Waals surface area contributed by atoms with Crippen molar-refractivity contribution >= 4 is 35.0 Å². The van der Waals surface area contributed by atoms with Crippen molar-refractivity contribution in [3.05, 3.63) is 33.8 Å². The highest BCUT2D eigenvalue weighted by Crippen LogP contribution is 2.31. The van der Waals surface area contributed by atoms with Crippen LogP contribution < -0.4 is 0 Å². The fourth-order valence-electron chi connectivity index (χ4n) is 2.55. The van der Waals surface area contributed by atoms with Gasteiger partial charge >= 0.3 is 0 Å². The molecule has 21 heavy (non-hydrogen) atoms. The summed E-state index contributed by atoms with van der Waals surface area (Å²) in [6.45, 7) is 2.31. The lowest BCUT2D eigenvalue weighted by atomic mass is 10.1. The maximum atomic E-state index is 12.4. The summed E-state index contributed by atoms with van der Waals surface area (Å²) in [6, 6.07) is 4.88. The van der Waals surface area contributed by atoms with Gasteiger partial charge in [0.25, 0.3) is 5.91 Å². The van der Waals surface area contributed by atoms with E-state index in [0.717, 1.165) is 12.8 Å². The minimum absolute atomic E-state index is 0.102. The van der Waals surface area contributed by atoms with Crippen LogP contribution in [0.2, 0.25) is 10.0 Å². The number of piperazine rings is 1. The SMILES string of the molecule is O=C(c1ccc(Cl)cc1Cl)N1CCN(C(=O)C2CC2)CC1. The summed E-state index contributed by atoms with van der Waals surface area (Å²) in [5.74, 6) is 0.375. The van der Waals surface area contributed by atoms with Gasteiger partial charge < -0.3 is 9.80 Å². The van der Waals surface area contributed by atoms with Gasteiger partial charge in [-0.2, -0.15) is 0 Å². The Labute approximate surface area is 133 Å². The summed E-state index contributed by atoms with van der Waals surface area (Å²) in [7, 11) is 0. The van der Waals surface area contributed by atoms with Gasteiger partial charge in [0.1, 0.15) is 0 Å². The number of carbonyl (C=O) groups excluding carboxylic acids is 2. The van der Waals surface area contributed by atoms with Crippen LogP contribution in [0, 0.1) is 5.92 Å². The number of benzene rings is 1. The molecule has 3 rings (SSSR count). The Morgan fingerprint density at radius 1 is 1.00 bits per heavy atom. The molecule has 2 amide bonds. The number of rotatable bonds is 2. The van der Waals surface area contributed by atoms with Crippen LogP contribution in [0.4, 0.5) is 0 Å². The third kappa shape index (κ3) is 3.16. The molecule has 0 unspecified atom stereocenters. The lowest BCUT2D eigenvalue weighted by molar-refractivity contribution is -0.134. The highest BCUT2D eigenvalue weighted by Gasteiger charge is 2.35. The highest BCUT2D eigenvalue weighted by molar-refractivity contribution is 6.36. The number of nitrogens with zero attached hydrogens (tertiary/aromatic N) is 2. The first-order valence-electron chi connectivity index (χ1n) is 7.09. The second-order valence-electron chi connectivity index (χ2n) is 5.52. The van der Waals surface area contributed by atoms with Crippen LogP contribution in [0.25, 0.3) is 0 Å². The van der Waals surface area contributed by atoms with Gasteiger partial charge in [-0.25, -0.2) is 0 Å². The van der Waals surface area contributed by atoms with Crippen LogP contribution in [0.5, 0.6) is 0 Å². The Morgan fingerprint density at radius 2 is 1.62 bits per heavy atom. The van der Waals surface area contributed by atoms with Crippen molar-refractivity contribution in [2.75, 3.05) is 26.2 Å². The summed E-state index contributed by atoms with van der Waals surface area (Å²) in [6.07, 6.45) is 2.02. The van der Waals surface area contributed by atoms with Gasteiger partial charge in [-0.05, 0) is 31.0 Å². The van der Waals surface area contributed by atoms with Gasteiger partial charge in [0.15, 0.2) is 0 Å². The van der Waals surface area contributed by atoms with E-state index < -0.39 is 0 Å². The Balaban J connectivity index is 1.63. The standard InChI is InChI=1S/C15H16Cl2N2O2/c16-11-3-4-12(13(17)9-11)15(21)19-7-5-18(6-8-19)14(20)10-1-2-10/h3-4,9-10H,1-2,5-8H2. The van der Waals surface area contributed by atoms with Crippen molar-refractivity contribution in [2.24, 2.45) is 5.92 Å². The van der Waals surface area contributed by atoms with Gasteiger partial charge in [0, 0.05) is 37.1 Å². The normalized spacial score (nSPS) is 18.8. The first kappa shape index (κ1) is 14.7. The summed E-state index contributed by atoms with van der Waals surface area (Å²) < 4.78 is 0. The van der Waals surface area contributed by atoms with Crippen LogP contribution in [-0.2, 0) is 4.79 Å². The molecular weight excluding hydrogens is 311 g/mol. The van der Waals surface area contributed by atoms with E-state index in [9.17, 15) is 9.59 Å². The van der Waals surface area contributed by atoms with Gasteiger partial charge in [0.05, 0.1) is 10.6 Å². The molecule has 2 aliphatic rings. The first-order chi connectivity index (χ1) is 10.1. The van der Waals surface area contributed by atoms with Crippen molar-refractivity contribution < 1.29 is 9.59 Å². The third-order valence-electron chi connectivity index (χ3n) is 3.97. The van der Waals surface area contributed by atoms with Gasteiger partial charge in [-0.3, -0.25) is 9.59 Å². The molecule has 112 valence electrons. The lowest BCUT2D eigenvalue weighted by Crippen LogP contribution is -2.51. The summed E-state index contributed by atoms with van der Waals surface area (Å²) in [5, 5.41) is 0.875. The average molecular weight is 327 g/mol. The lowest BCUT2D eigenvalue weighted by Gasteiger charge is -2.35. The molecule has 0 spiro atoms. The smallest absolute Gasteiger partial charge is 0.255 e. The molecule has 6 heteroatoms. The molecule has 1 aromatic carbocycles. The maximum Gasteiger partial charge on any atom is 0.255 e. The van der Waals surface area contributed by atoms with Crippen molar-refractivity contribution in [1.82, 2.24) is 9.80 Å². The topological polar surface area (TPSA) is 40.6 Å². The second kappa shape index (κ2) is 5.85. The van der Waals surface area contributed by atoms with Crippen LogP contribution in [0.1, 0.15) is 23.2 Å². The van der Waals surface area contributed by atoms with E-state index >= 15 is 0 Å². The fraction of sp³-hybridized carbons (Fsp3) is 0.467. The highest BCUT2D eigenvalue weighted by atomic mass is 35.5. The third-order valence-corrected chi connectivity index (χ3v) is 4.51. The van der Waals surface area contributed by atoms with Gasteiger partial charge in [-0.1, -0.05) is 23.2 Å². The predicted octanol–water partition coefficient (Wildman–Crippen LogP) is 2.69. The zero-order valence-electron chi connectivity index (χ0n) is 11.5. The second-order valence-corrected chi connectivity index (χ2v) is 6.36. The molecule has 1 aliphatic heterocycles. The van der Waals surface area contributed by atoms with Crippen molar-refractivity contribution in [3.8, 4) is 0 Å². The summed E-state index contributed by atoms with van der Waals surface area (Å²) in [4.78, 5) is 28.0. The molecule has 0 aromatic heterocycles. The number of hydrogen-bond donors (Lipinski definition) is 0. The average Bonchev–Trinajstić information content (AvgIpc) is 3.31. The summed E-state index contributed by atoms with van der Waals surface area (Å²) in [5.41, 5.74) is 0.461. The number of amides is 2. The maximum absolute atomic E-state index is 12.4. The van der Waals surface area contributed by atoms with Crippen LogP contribution in [-0.4, -0.2) is 47.8 Å². The zero-order valence-corrected chi connectivity index (χ0v) is 13.0. The molecule has 0 N–H and O–H groups in total. The monoisotopic (exact) mass is 326 g/mol. The van der Waals surface area contributed by atoms with E-state index in [4.69, 9.17) is 23.2 Å². The van der Waals surface area contributed by atoms with Gasteiger partial charge in [-0.15, -0.1) is 0 Å². The summed E-state index contributed by atoms with van der Waals surface area (Å²) >= 11 is 11.9.